The van der Waals surface area contributed by atoms with Gasteiger partial charge in [-0.3, -0.25) is 0 Å². The van der Waals surface area contributed by atoms with E-state index in [0.29, 0.717) is 6.42 Å². The molecular weight excluding hydrogens is 174 g/mol. The van der Waals surface area contributed by atoms with E-state index in [2.05, 4.69) is 29.2 Å². The number of benzene rings is 1. The van der Waals surface area contributed by atoms with Crippen LogP contribution in [0.2, 0.25) is 0 Å². The summed E-state index contributed by atoms with van der Waals surface area (Å²) in [5, 5.41) is 9.64. The predicted molar refractivity (Wildman–Crippen MR) is 60.8 cm³/mol. The summed E-state index contributed by atoms with van der Waals surface area (Å²) in [4.78, 5) is 2.06. The normalized spacial score (nSPS) is 11.5. The van der Waals surface area contributed by atoms with Gasteiger partial charge in [0.2, 0.25) is 0 Å². The lowest BCUT2D eigenvalue weighted by Crippen LogP contribution is -2.21. The molecule has 2 nitrogen and oxygen atoms in total. The van der Waals surface area contributed by atoms with Crippen molar-refractivity contribution in [1.82, 2.24) is 0 Å². The Labute approximate surface area is 86.2 Å². The summed E-state index contributed by atoms with van der Waals surface area (Å²) in [5.41, 5.74) is 1.73. The van der Waals surface area contributed by atoms with Crippen molar-refractivity contribution in [2.75, 3.05) is 19.0 Å². The van der Waals surface area contributed by atoms with Crippen LogP contribution in [-0.4, -0.2) is 24.8 Å². The van der Waals surface area contributed by atoms with Crippen LogP contribution in [0.1, 0.15) is 19.4 Å². The molecule has 1 aromatic rings. The van der Waals surface area contributed by atoms with Gasteiger partial charge in [0, 0.05) is 26.2 Å². The number of anilines is 1. The molecule has 0 spiro atoms. The number of hydrogen-bond donors (Lipinski definition) is 1. The van der Waals surface area contributed by atoms with Crippen molar-refractivity contribution >= 4 is 5.69 Å². The Balaban J connectivity index is 2.74. The maximum atomic E-state index is 9.64. The lowest BCUT2D eigenvalue weighted by Gasteiger charge is -2.18. The van der Waals surface area contributed by atoms with Crippen molar-refractivity contribution in [1.29, 1.82) is 0 Å². The topological polar surface area (TPSA) is 23.5 Å². The van der Waals surface area contributed by atoms with Crippen LogP contribution in [0.5, 0.6) is 0 Å². The minimum Gasteiger partial charge on any atom is -0.390 e. The molecule has 78 valence electrons. The van der Waals surface area contributed by atoms with Gasteiger partial charge in [-0.25, -0.2) is 0 Å². The van der Waals surface area contributed by atoms with Gasteiger partial charge in [0.05, 0.1) is 5.60 Å². The summed E-state index contributed by atoms with van der Waals surface area (Å²) in [6, 6.07) is 8.27. The van der Waals surface area contributed by atoms with E-state index in [9.17, 15) is 5.11 Å². The van der Waals surface area contributed by atoms with E-state index in [1.54, 1.807) is 0 Å². The Kier molecular flexibility index (Phi) is 3.17. The average molecular weight is 193 g/mol. The smallest absolute Gasteiger partial charge is 0.0631 e. The van der Waals surface area contributed by atoms with Crippen molar-refractivity contribution in [2.24, 2.45) is 0 Å². The molecule has 0 heterocycles. The van der Waals surface area contributed by atoms with E-state index < -0.39 is 5.60 Å². The molecule has 0 saturated heterocycles. The zero-order valence-corrected chi connectivity index (χ0v) is 9.41. The Bertz CT molecular complexity index is 282. The van der Waals surface area contributed by atoms with E-state index in [1.807, 2.05) is 27.9 Å². The van der Waals surface area contributed by atoms with Gasteiger partial charge < -0.3 is 10.0 Å². The maximum Gasteiger partial charge on any atom is 0.0631 e. The van der Waals surface area contributed by atoms with Gasteiger partial charge in [-0.05, 0) is 31.5 Å². The fraction of sp³-hybridized carbons (Fsp3) is 0.500. The lowest BCUT2D eigenvalue weighted by atomic mass is 9.99. The third kappa shape index (κ3) is 3.38. The number of rotatable bonds is 3. The highest BCUT2D eigenvalue weighted by Crippen LogP contribution is 2.16. The highest BCUT2D eigenvalue weighted by molar-refractivity contribution is 5.46. The first-order valence-electron chi connectivity index (χ1n) is 4.87. The van der Waals surface area contributed by atoms with Crippen LogP contribution in [0.3, 0.4) is 0 Å². The van der Waals surface area contributed by atoms with Crippen LogP contribution in [-0.2, 0) is 6.42 Å². The Morgan fingerprint density at radius 2 is 1.64 bits per heavy atom. The molecule has 1 rings (SSSR count). The van der Waals surface area contributed by atoms with Crippen LogP contribution in [0.15, 0.2) is 24.3 Å². The van der Waals surface area contributed by atoms with E-state index in [-0.39, 0.29) is 0 Å². The average Bonchev–Trinajstić information content (AvgIpc) is 2.02. The number of nitrogens with zero attached hydrogens (tertiary/aromatic N) is 1. The van der Waals surface area contributed by atoms with E-state index >= 15 is 0 Å². The zero-order valence-electron chi connectivity index (χ0n) is 9.41. The Hall–Kier alpha value is -1.02. The zero-order chi connectivity index (χ0) is 10.8. The van der Waals surface area contributed by atoms with Gasteiger partial charge in [-0.2, -0.15) is 0 Å². The lowest BCUT2D eigenvalue weighted by molar-refractivity contribution is 0.0810. The Morgan fingerprint density at radius 3 is 2.00 bits per heavy atom. The highest BCUT2D eigenvalue weighted by atomic mass is 16.3. The third-order valence-corrected chi connectivity index (χ3v) is 2.09. The van der Waals surface area contributed by atoms with Crippen molar-refractivity contribution in [3.63, 3.8) is 0 Å². The van der Waals surface area contributed by atoms with Crippen LogP contribution in [0.25, 0.3) is 0 Å². The predicted octanol–water partition coefficient (Wildman–Crippen LogP) is 2.07. The van der Waals surface area contributed by atoms with Crippen molar-refractivity contribution in [3.8, 4) is 0 Å². The van der Waals surface area contributed by atoms with Crippen LogP contribution >= 0.6 is 0 Å². The fourth-order valence-electron chi connectivity index (χ4n) is 1.41. The molecule has 0 unspecified atom stereocenters. The Morgan fingerprint density at radius 1 is 1.14 bits per heavy atom. The summed E-state index contributed by atoms with van der Waals surface area (Å²) >= 11 is 0. The molecule has 0 aromatic heterocycles. The molecule has 0 aliphatic rings. The molecule has 0 amide bonds. The summed E-state index contributed by atoms with van der Waals surface area (Å²) < 4.78 is 0. The summed E-state index contributed by atoms with van der Waals surface area (Å²) in [5.74, 6) is 0. The van der Waals surface area contributed by atoms with E-state index in [0.717, 1.165) is 0 Å². The van der Waals surface area contributed by atoms with Crippen molar-refractivity contribution in [3.05, 3.63) is 29.8 Å². The van der Waals surface area contributed by atoms with Gasteiger partial charge in [0.15, 0.2) is 0 Å². The highest BCUT2D eigenvalue weighted by Gasteiger charge is 2.12. The molecule has 1 N–H and O–H groups in total. The maximum absolute atomic E-state index is 9.64. The third-order valence-electron chi connectivity index (χ3n) is 2.09. The summed E-state index contributed by atoms with van der Waals surface area (Å²) in [6.45, 7) is 3.65. The molecule has 0 fully saturated rings. The van der Waals surface area contributed by atoms with Crippen LogP contribution in [0, 0.1) is 0 Å². The standard InChI is InChI=1S/C12H19NO/c1-12(2,14)9-10-5-7-11(8-6-10)13(3)4/h5-8,14H,9H2,1-4H3. The second-order valence-corrected chi connectivity index (χ2v) is 4.55. The first-order valence-corrected chi connectivity index (χ1v) is 4.87. The minimum atomic E-state index is -0.625. The second kappa shape index (κ2) is 4.01. The monoisotopic (exact) mass is 193 g/mol. The molecule has 14 heavy (non-hydrogen) atoms. The second-order valence-electron chi connectivity index (χ2n) is 4.55. The largest absolute Gasteiger partial charge is 0.390 e. The summed E-state index contributed by atoms with van der Waals surface area (Å²) in [7, 11) is 4.04. The van der Waals surface area contributed by atoms with E-state index in [4.69, 9.17) is 0 Å². The van der Waals surface area contributed by atoms with Gasteiger partial charge in [-0.15, -0.1) is 0 Å². The number of hydrogen-bond acceptors (Lipinski definition) is 2. The van der Waals surface area contributed by atoms with Crippen LogP contribution < -0.4 is 4.90 Å². The number of aliphatic hydroxyl groups is 1. The van der Waals surface area contributed by atoms with Gasteiger partial charge in [0.25, 0.3) is 0 Å². The van der Waals surface area contributed by atoms with Gasteiger partial charge in [-0.1, -0.05) is 12.1 Å². The quantitative estimate of drug-likeness (QED) is 0.794. The first kappa shape index (κ1) is 11.1. The SMILES string of the molecule is CN(C)c1ccc(CC(C)(C)O)cc1. The summed E-state index contributed by atoms with van der Waals surface area (Å²) in [6.07, 6.45) is 0.695. The van der Waals surface area contributed by atoms with Crippen LogP contribution in [0.4, 0.5) is 5.69 Å². The molecule has 0 atom stereocenters. The first-order chi connectivity index (χ1) is 6.38. The van der Waals surface area contributed by atoms with Gasteiger partial charge >= 0.3 is 0 Å². The molecule has 0 radical (unpaired) electrons. The molecule has 0 saturated carbocycles. The molecule has 2 heteroatoms. The van der Waals surface area contributed by atoms with Gasteiger partial charge in [0.1, 0.15) is 0 Å². The molecular formula is C12H19NO. The molecule has 0 bridgehead atoms. The minimum absolute atomic E-state index is 0.625. The van der Waals surface area contributed by atoms with E-state index in [1.165, 1.54) is 11.3 Å². The fourth-order valence-corrected chi connectivity index (χ4v) is 1.41. The molecule has 0 aliphatic carbocycles. The van der Waals surface area contributed by atoms with Crippen molar-refractivity contribution in [2.45, 2.75) is 25.9 Å². The van der Waals surface area contributed by atoms with Crippen molar-refractivity contribution < 1.29 is 5.11 Å². The molecule has 1 aromatic carbocycles. The molecule has 0 aliphatic heterocycles.